The summed E-state index contributed by atoms with van der Waals surface area (Å²) in [7, 11) is 0. The van der Waals surface area contributed by atoms with Gasteiger partial charge in [-0.05, 0) is 12.8 Å². The van der Waals surface area contributed by atoms with E-state index in [2.05, 4.69) is 15.2 Å². The Labute approximate surface area is 110 Å². The number of aromatic amines is 1. The molecule has 2 rings (SSSR count). The van der Waals surface area contributed by atoms with E-state index in [0.717, 1.165) is 18.7 Å². The molecule has 0 aromatic carbocycles. The van der Waals surface area contributed by atoms with Crippen molar-refractivity contribution < 1.29 is 4.79 Å². The largest absolute Gasteiger partial charge is 0.334 e. The quantitative estimate of drug-likeness (QED) is 0.816. The number of hydrogen-bond donors (Lipinski definition) is 1. The third-order valence-corrected chi connectivity index (χ3v) is 2.93. The summed E-state index contributed by atoms with van der Waals surface area (Å²) in [5.74, 6) is 0.955. The Bertz CT molecular complexity index is 515. The van der Waals surface area contributed by atoms with Crippen LogP contribution in [0.1, 0.15) is 48.0 Å². The van der Waals surface area contributed by atoms with Gasteiger partial charge in [-0.2, -0.15) is 10.5 Å². The zero-order chi connectivity index (χ0) is 13.7. The summed E-state index contributed by atoms with van der Waals surface area (Å²) in [6, 6.07) is 3.98. The molecule has 0 saturated heterocycles. The molecule has 0 aliphatic heterocycles. The second-order valence-corrected chi connectivity index (χ2v) is 4.43. The van der Waals surface area contributed by atoms with Crippen LogP contribution >= 0.6 is 0 Å². The highest BCUT2D eigenvalue weighted by atomic mass is 16.2. The third kappa shape index (κ3) is 3.29. The molecule has 0 spiro atoms. The van der Waals surface area contributed by atoms with Gasteiger partial charge in [0.25, 0.3) is 5.91 Å². The summed E-state index contributed by atoms with van der Waals surface area (Å²) < 4.78 is 0. The van der Waals surface area contributed by atoms with Gasteiger partial charge in [-0.15, -0.1) is 5.10 Å². The SMILES string of the molecule is N#CCCN(CCC#N)C(=O)c1n[nH]c(C2CC2)n1. The molecule has 7 heteroatoms. The van der Waals surface area contributed by atoms with Crippen LogP contribution in [0.5, 0.6) is 0 Å². The van der Waals surface area contributed by atoms with Crippen molar-refractivity contribution in [3.05, 3.63) is 11.6 Å². The molecule has 1 aliphatic carbocycles. The maximum absolute atomic E-state index is 12.2. The number of carbonyl (C=O) groups excluding carboxylic acids is 1. The zero-order valence-electron chi connectivity index (χ0n) is 10.5. The molecule has 1 aromatic heterocycles. The fourth-order valence-electron chi connectivity index (χ4n) is 1.74. The molecule has 1 aliphatic rings. The van der Waals surface area contributed by atoms with E-state index in [-0.39, 0.29) is 24.6 Å². The normalized spacial score (nSPS) is 13.6. The first kappa shape index (κ1) is 13.0. The van der Waals surface area contributed by atoms with Gasteiger partial charge in [0.05, 0.1) is 25.0 Å². The van der Waals surface area contributed by atoms with Gasteiger partial charge in [-0.3, -0.25) is 9.89 Å². The van der Waals surface area contributed by atoms with Crippen LogP contribution in [0, 0.1) is 22.7 Å². The standard InChI is InChI=1S/C12H14N6O/c13-5-1-7-18(8-2-6-14)12(19)11-15-10(16-17-11)9-3-4-9/h9H,1-4,7-8H2,(H,15,16,17). The Kier molecular flexibility index (Phi) is 4.09. The first-order chi connectivity index (χ1) is 9.26. The first-order valence-corrected chi connectivity index (χ1v) is 6.21. The smallest absolute Gasteiger partial charge is 0.293 e. The molecule has 7 nitrogen and oxygen atoms in total. The molecular weight excluding hydrogens is 244 g/mol. The van der Waals surface area contributed by atoms with E-state index in [0.29, 0.717) is 19.0 Å². The van der Waals surface area contributed by atoms with Crippen LogP contribution in [-0.4, -0.2) is 39.1 Å². The Balaban J connectivity index is 2.03. The van der Waals surface area contributed by atoms with Crippen LogP contribution in [0.25, 0.3) is 0 Å². The molecule has 0 bridgehead atoms. The van der Waals surface area contributed by atoms with Crippen molar-refractivity contribution in [2.24, 2.45) is 0 Å². The van der Waals surface area contributed by atoms with Gasteiger partial charge in [0, 0.05) is 19.0 Å². The average molecular weight is 258 g/mol. The van der Waals surface area contributed by atoms with E-state index in [1.54, 1.807) is 0 Å². The van der Waals surface area contributed by atoms with Crippen molar-refractivity contribution in [1.29, 1.82) is 10.5 Å². The minimum absolute atomic E-state index is 0.123. The molecule has 1 saturated carbocycles. The van der Waals surface area contributed by atoms with E-state index in [9.17, 15) is 4.79 Å². The summed E-state index contributed by atoms with van der Waals surface area (Å²) in [5.41, 5.74) is 0. The fraction of sp³-hybridized carbons (Fsp3) is 0.583. The number of rotatable bonds is 6. The molecule has 0 radical (unpaired) electrons. The Hall–Kier alpha value is -2.41. The predicted octanol–water partition coefficient (Wildman–Crippen LogP) is 0.952. The minimum Gasteiger partial charge on any atom is -0.334 e. The lowest BCUT2D eigenvalue weighted by Crippen LogP contribution is -2.33. The van der Waals surface area contributed by atoms with Gasteiger partial charge in [0.15, 0.2) is 0 Å². The van der Waals surface area contributed by atoms with Crippen molar-refractivity contribution in [2.45, 2.75) is 31.6 Å². The van der Waals surface area contributed by atoms with Gasteiger partial charge in [0.2, 0.25) is 5.82 Å². The van der Waals surface area contributed by atoms with E-state index < -0.39 is 0 Å². The summed E-state index contributed by atoms with van der Waals surface area (Å²) in [5, 5.41) is 23.9. The van der Waals surface area contributed by atoms with Crippen molar-refractivity contribution in [1.82, 2.24) is 20.1 Å². The van der Waals surface area contributed by atoms with Crippen LogP contribution in [0.3, 0.4) is 0 Å². The maximum atomic E-state index is 12.2. The van der Waals surface area contributed by atoms with Gasteiger partial charge >= 0.3 is 0 Å². The van der Waals surface area contributed by atoms with Crippen molar-refractivity contribution in [2.75, 3.05) is 13.1 Å². The van der Waals surface area contributed by atoms with Gasteiger partial charge in [-0.1, -0.05) is 0 Å². The number of H-pyrrole nitrogens is 1. The van der Waals surface area contributed by atoms with Gasteiger partial charge in [0.1, 0.15) is 5.82 Å². The Morgan fingerprint density at radius 3 is 2.47 bits per heavy atom. The molecule has 19 heavy (non-hydrogen) atoms. The summed E-state index contributed by atoms with van der Waals surface area (Å²) in [6.45, 7) is 0.592. The monoisotopic (exact) mass is 258 g/mol. The zero-order valence-corrected chi connectivity index (χ0v) is 10.5. The number of nitriles is 2. The number of nitrogens with zero attached hydrogens (tertiary/aromatic N) is 5. The molecular formula is C12H14N6O. The van der Waals surface area contributed by atoms with Crippen LogP contribution in [0.4, 0.5) is 0 Å². The lowest BCUT2D eigenvalue weighted by molar-refractivity contribution is 0.0750. The highest BCUT2D eigenvalue weighted by Crippen LogP contribution is 2.37. The summed E-state index contributed by atoms with van der Waals surface area (Å²) in [6.07, 6.45) is 2.62. The number of nitrogens with one attached hydrogen (secondary N) is 1. The lowest BCUT2D eigenvalue weighted by Gasteiger charge is -2.18. The lowest BCUT2D eigenvalue weighted by atomic mass is 10.3. The molecule has 1 heterocycles. The van der Waals surface area contributed by atoms with Crippen LogP contribution < -0.4 is 0 Å². The average Bonchev–Trinajstić information content (AvgIpc) is 3.16. The number of carbonyl (C=O) groups is 1. The molecule has 1 amide bonds. The summed E-state index contributed by atoms with van der Waals surface area (Å²) in [4.78, 5) is 17.8. The third-order valence-electron chi connectivity index (χ3n) is 2.93. The molecule has 1 aromatic rings. The van der Waals surface area contributed by atoms with Crippen LogP contribution in [0.15, 0.2) is 0 Å². The van der Waals surface area contributed by atoms with E-state index in [1.165, 1.54) is 4.90 Å². The minimum atomic E-state index is -0.325. The predicted molar refractivity (Wildman–Crippen MR) is 64.7 cm³/mol. The highest BCUT2D eigenvalue weighted by Gasteiger charge is 2.29. The highest BCUT2D eigenvalue weighted by molar-refractivity contribution is 5.90. The number of hydrogen-bond acceptors (Lipinski definition) is 5. The van der Waals surface area contributed by atoms with Crippen LogP contribution in [-0.2, 0) is 0 Å². The number of aromatic nitrogens is 3. The number of amides is 1. The first-order valence-electron chi connectivity index (χ1n) is 6.21. The Morgan fingerprint density at radius 2 is 1.95 bits per heavy atom. The van der Waals surface area contributed by atoms with Crippen molar-refractivity contribution >= 4 is 5.91 Å². The molecule has 0 atom stereocenters. The summed E-state index contributed by atoms with van der Waals surface area (Å²) >= 11 is 0. The van der Waals surface area contributed by atoms with Gasteiger partial charge < -0.3 is 4.90 Å². The molecule has 0 unspecified atom stereocenters. The second kappa shape index (κ2) is 5.96. The van der Waals surface area contributed by atoms with E-state index in [4.69, 9.17) is 10.5 Å². The van der Waals surface area contributed by atoms with Crippen molar-refractivity contribution in [3.8, 4) is 12.1 Å². The molecule has 1 N–H and O–H groups in total. The van der Waals surface area contributed by atoms with E-state index in [1.807, 2.05) is 12.1 Å². The topological polar surface area (TPSA) is 109 Å². The maximum Gasteiger partial charge on any atom is 0.293 e. The molecule has 1 fully saturated rings. The molecule has 98 valence electrons. The second-order valence-electron chi connectivity index (χ2n) is 4.43. The Morgan fingerprint density at radius 1 is 1.32 bits per heavy atom. The fourth-order valence-corrected chi connectivity index (χ4v) is 1.74. The van der Waals surface area contributed by atoms with Crippen molar-refractivity contribution in [3.63, 3.8) is 0 Å². The van der Waals surface area contributed by atoms with E-state index >= 15 is 0 Å². The van der Waals surface area contributed by atoms with Gasteiger partial charge in [-0.25, -0.2) is 4.98 Å². The van der Waals surface area contributed by atoms with Crippen LogP contribution in [0.2, 0.25) is 0 Å².